The first-order valence-corrected chi connectivity index (χ1v) is 5.54. The lowest BCUT2D eigenvalue weighted by atomic mass is 10.2. The number of rotatable bonds is 3. The molecule has 1 amide bonds. The first-order chi connectivity index (χ1) is 7.09. The van der Waals surface area contributed by atoms with Gasteiger partial charge in [-0.3, -0.25) is 4.79 Å². The van der Waals surface area contributed by atoms with Gasteiger partial charge in [-0.25, -0.2) is 0 Å². The number of carbonyl (C=O) groups is 1. The Morgan fingerprint density at radius 3 is 2.53 bits per heavy atom. The van der Waals surface area contributed by atoms with Crippen molar-refractivity contribution in [2.45, 2.75) is 17.3 Å². The summed E-state index contributed by atoms with van der Waals surface area (Å²) in [7, 11) is 0. The van der Waals surface area contributed by atoms with Gasteiger partial charge in [0.25, 0.3) is 0 Å². The van der Waals surface area contributed by atoms with Gasteiger partial charge in [-0.2, -0.15) is 0 Å². The van der Waals surface area contributed by atoms with Crippen molar-refractivity contribution in [3.05, 3.63) is 35.9 Å². The number of alkyl halides is 2. The molecule has 1 saturated carbocycles. The first kappa shape index (κ1) is 10.8. The van der Waals surface area contributed by atoms with Crippen LogP contribution in [-0.2, 0) is 11.3 Å². The Balaban J connectivity index is 1.82. The van der Waals surface area contributed by atoms with Crippen LogP contribution in [0.3, 0.4) is 0 Å². The fourth-order valence-corrected chi connectivity index (χ4v) is 1.91. The van der Waals surface area contributed by atoms with E-state index >= 15 is 0 Å². The summed E-state index contributed by atoms with van der Waals surface area (Å²) in [6.07, 6.45) is 0.552. The molecule has 0 bridgehead atoms. The maximum atomic E-state index is 11.5. The van der Waals surface area contributed by atoms with Crippen LogP contribution in [-0.4, -0.2) is 10.2 Å². The van der Waals surface area contributed by atoms with Crippen molar-refractivity contribution in [3.8, 4) is 0 Å². The number of hydrogen-bond donors (Lipinski definition) is 1. The maximum Gasteiger partial charge on any atom is 0.226 e. The Labute approximate surface area is 98.6 Å². The second-order valence-corrected chi connectivity index (χ2v) is 5.26. The summed E-state index contributed by atoms with van der Waals surface area (Å²) in [5.41, 5.74) is 1.07. The van der Waals surface area contributed by atoms with Crippen LogP contribution in [0.2, 0.25) is 0 Å². The number of halogens is 2. The molecular weight excluding hydrogens is 233 g/mol. The second-order valence-electron chi connectivity index (χ2n) is 3.72. The third-order valence-electron chi connectivity index (χ3n) is 2.45. The predicted octanol–water partition coefficient (Wildman–Crippen LogP) is 2.50. The molecule has 2 nitrogen and oxygen atoms in total. The van der Waals surface area contributed by atoms with Gasteiger partial charge in [0.05, 0.1) is 5.92 Å². The van der Waals surface area contributed by atoms with Crippen molar-refractivity contribution in [1.82, 2.24) is 5.32 Å². The van der Waals surface area contributed by atoms with Gasteiger partial charge in [-0.15, -0.1) is 23.2 Å². The van der Waals surface area contributed by atoms with E-state index in [0.717, 1.165) is 5.56 Å². The van der Waals surface area contributed by atoms with Crippen molar-refractivity contribution in [2.24, 2.45) is 5.92 Å². The van der Waals surface area contributed by atoms with Crippen molar-refractivity contribution in [2.75, 3.05) is 0 Å². The fourth-order valence-electron chi connectivity index (χ4n) is 1.41. The minimum absolute atomic E-state index is 0.0659. The van der Waals surface area contributed by atoms with Crippen molar-refractivity contribution < 1.29 is 4.79 Å². The quantitative estimate of drug-likeness (QED) is 0.813. The Hall–Kier alpha value is -0.730. The van der Waals surface area contributed by atoms with Crippen LogP contribution < -0.4 is 5.32 Å². The summed E-state index contributed by atoms with van der Waals surface area (Å²) >= 11 is 11.6. The van der Waals surface area contributed by atoms with E-state index in [1.54, 1.807) is 0 Å². The molecule has 1 fully saturated rings. The smallest absolute Gasteiger partial charge is 0.226 e. The van der Waals surface area contributed by atoms with E-state index in [1.165, 1.54) is 0 Å². The number of nitrogens with one attached hydrogen (secondary N) is 1. The van der Waals surface area contributed by atoms with E-state index < -0.39 is 4.33 Å². The number of benzene rings is 1. The average molecular weight is 244 g/mol. The summed E-state index contributed by atoms with van der Waals surface area (Å²) in [5, 5.41) is 2.81. The van der Waals surface area contributed by atoms with E-state index in [-0.39, 0.29) is 11.8 Å². The van der Waals surface area contributed by atoms with Gasteiger partial charge in [-0.05, 0) is 12.0 Å². The van der Waals surface area contributed by atoms with Crippen molar-refractivity contribution >= 4 is 29.1 Å². The Morgan fingerprint density at radius 1 is 1.40 bits per heavy atom. The second kappa shape index (κ2) is 4.03. The van der Waals surface area contributed by atoms with Crippen LogP contribution in [0.1, 0.15) is 12.0 Å². The molecule has 0 heterocycles. The Kier molecular flexibility index (Phi) is 2.89. The zero-order valence-electron chi connectivity index (χ0n) is 8.04. The van der Waals surface area contributed by atoms with Gasteiger partial charge in [0, 0.05) is 6.54 Å². The normalized spacial score (nSPS) is 22.1. The van der Waals surface area contributed by atoms with Crippen LogP contribution >= 0.6 is 23.2 Å². The SMILES string of the molecule is O=C(NCc1ccccc1)C1CC1(Cl)Cl. The molecule has 0 aliphatic heterocycles. The van der Waals surface area contributed by atoms with Gasteiger partial charge in [0.2, 0.25) is 5.91 Å². The lowest BCUT2D eigenvalue weighted by Crippen LogP contribution is -2.26. The molecule has 1 aliphatic rings. The Morgan fingerprint density at radius 2 is 2.00 bits per heavy atom. The van der Waals surface area contributed by atoms with Crippen molar-refractivity contribution in [1.29, 1.82) is 0 Å². The standard InChI is InChI=1S/C11H11Cl2NO/c12-11(13)6-9(11)10(15)14-7-8-4-2-1-3-5-8/h1-5,9H,6-7H2,(H,14,15). The third kappa shape index (κ3) is 2.64. The molecule has 1 aromatic rings. The lowest BCUT2D eigenvalue weighted by molar-refractivity contribution is -0.122. The molecule has 2 rings (SSSR count). The minimum Gasteiger partial charge on any atom is -0.352 e. The molecule has 1 atom stereocenters. The molecule has 1 aromatic carbocycles. The largest absolute Gasteiger partial charge is 0.352 e. The monoisotopic (exact) mass is 243 g/mol. The van der Waals surface area contributed by atoms with Gasteiger partial charge < -0.3 is 5.32 Å². The summed E-state index contributed by atoms with van der Waals surface area (Å²) in [5.74, 6) is -0.312. The van der Waals surface area contributed by atoms with E-state index in [4.69, 9.17) is 23.2 Å². The zero-order valence-corrected chi connectivity index (χ0v) is 9.55. The number of hydrogen-bond acceptors (Lipinski definition) is 1. The Bertz CT molecular complexity index is 364. The van der Waals surface area contributed by atoms with E-state index in [2.05, 4.69) is 5.32 Å². The number of amides is 1. The highest BCUT2D eigenvalue weighted by atomic mass is 35.5. The van der Waals surface area contributed by atoms with Gasteiger partial charge in [0.1, 0.15) is 4.33 Å². The van der Waals surface area contributed by atoms with Crippen LogP contribution in [0, 0.1) is 5.92 Å². The molecule has 1 unspecified atom stereocenters. The van der Waals surface area contributed by atoms with Crippen LogP contribution in [0.5, 0.6) is 0 Å². The summed E-state index contributed by atoms with van der Waals surface area (Å²) in [6, 6.07) is 9.73. The molecule has 0 spiro atoms. The molecule has 15 heavy (non-hydrogen) atoms. The van der Waals surface area contributed by atoms with Gasteiger partial charge in [-0.1, -0.05) is 30.3 Å². The van der Waals surface area contributed by atoms with E-state index in [1.807, 2.05) is 30.3 Å². The third-order valence-corrected chi connectivity index (χ3v) is 3.29. The van der Waals surface area contributed by atoms with Gasteiger partial charge >= 0.3 is 0 Å². The maximum absolute atomic E-state index is 11.5. The highest BCUT2D eigenvalue weighted by Gasteiger charge is 2.56. The first-order valence-electron chi connectivity index (χ1n) is 4.79. The van der Waals surface area contributed by atoms with Crippen LogP contribution in [0.4, 0.5) is 0 Å². The lowest BCUT2D eigenvalue weighted by Gasteiger charge is -2.04. The summed E-state index contributed by atoms with van der Waals surface area (Å²) in [6.45, 7) is 0.528. The highest BCUT2D eigenvalue weighted by Crippen LogP contribution is 2.53. The van der Waals surface area contributed by atoms with E-state index in [9.17, 15) is 4.79 Å². The van der Waals surface area contributed by atoms with Gasteiger partial charge in [0.15, 0.2) is 0 Å². The zero-order chi connectivity index (χ0) is 10.9. The molecular formula is C11H11Cl2NO. The molecule has 4 heteroatoms. The molecule has 80 valence electrons. The van der Waals surface area contributed by atoms with Crippen LogP contribution in [0.15, 0.2) is 30.3 Å². The molecule has 1 aliphatic carbocycles. The number of carbonyl (C=O) groups excluding carboxylic acids is 1. The average Bonchev–Trinajstić information content (AvgIpc) is 2.86. The summed E-state index contributed by atoms with van der Waals surface area (Å²) < 4.78 is -0.833. The predicted molar refractivity (Wildman–Crippen MR) is 60.8 cm³/mol. The highest BCUT2D eigenvalue weighted by molar-refractivity contribution is 6.52. The molecule has 1 N–H and O–H groups in total. The van der Waals surface area contributed by atoms with E-state index in [0.29, 0.717) is 13.0 Å². The molecule has 0 aromatic heterocycles. The summed E-state index contributed by atoms with van der Waals surface area (Å²) in [4.78, 5) is 11.5. The molecule has 0 saturated heterocycles. The molecule has 0 radical (unpaired) electrons. The topological polar surface area (TPSA) is 29.1 Å². The van der Waals surface area contributed by atoms with Crippen LogP contribution in [0.25, 0.3) is 0 Å². The minimum atomic E-state index is -0.833. The fraction of sp³-hybridized carbons (Fsp3) is 0.364. The van der Waals surface area contributed by atoms with Crippen molar-refractivity contribution in [3.63, 3.8) is 0 Å².